The van der Waals surface area contributed by atoms with Crippen molar-refractivity contribution in [1.29, 1.82) is 0 Å². The minimum Gasteiger partial charge on any atom is -0.493 e. The first kappa shape index (κ1) is 22.2. The Morgan fingerprint density at radius 2 is 1.81 bits per heavy atom. The van der Waals surface area contributed by atoms with Crippen molar-refractivity contribution < 1.29 is 17.9 Å². The first-order valence-electron chi connectivity index (χ1n) is 10.9. The van der Waals surface area contributed by atoms with E-state index in [-0.39, 0.29) is 10.8 Å². The quantitative estimate of drug-likeness (QED) is 0.637. The van der Waals surface area contributed by atoms with Crippen LogP contribution >= 0.6 is 23.1 Å². The number of piperazine rings is 1. The number of nitrogens with zero attached hydrogens (tertiary/aromatic N) is 3. The van der Waals surface area contributed by atoms with E-state index < -0.39 is 10.0 Å². The molecule has 4 heterocycles. The van der Waals surface area contributed by atoms with E-state index >= 15 is 0 Å². The molecule has 3 aliphatic rings. The summed E-state index contributed by atoms with van der Waals surface area (Å²) < 4.78 is 33.4. The van der Waals surface area contributed by atoms with Crippen LogP contribution in [0.5, 0.6) is 5.75 Å². The standard InChI is InChI=1S/C22H27N3O4S3/c26-22(21-20(4-12-31-21)32(27,28)25-9-13-30-14-10-25)24-7-5-23(6-8-24)16-17-1-2-19-18(15-17)3-11-29-19/h1-2,4,12,15H,3,5-11,13-14,16H2. The molecule has 1 aromatic carbocycles. The molecule has 0 radical (unpaired) electrons. The SMILES string of the molecule is O=C(c1sccc1S(=O)(=O)N1CCSCC1)N1CCN(Cc2ccc3c(c2)CCO3)CC1. The molecule has 1 aromatic heterocycles. The molecule has 0 spiro atoms. The van der Waals surface area contributed by atoms with Crippen LogP contribution < -0.4 is 4.74 Å². The van der Waals surface area contributed by atoms with E-state index in [1.807, 2.05) is 0 Å². The topological polar surface area (TPSA) is 70.2 Å². The van der Waals surface area contributed by atoms with Gasteiger partial charge in [0.15, 0.2) is 0 Å². The molecule has 0 unspecified atom stereocenters. The van der Waals surface area contributed by atoms with Gasteiger partial charge in [0.2, 0.25) is 10.0 Å². The Bertz CT molecular complexity index is 1090. The smallest absolute Gasteiger partial charge is 0.265 e. The lowest BCUT2D eigenvalue weighted by Crippen LogP contribution is -2.48. The number of carbonyl (C=O) groups is 1. The molecule has 10 heteroatoms. The van der Waals surface area contributed by atoms with Crippen LogP contribution in [0.1, 0.15) is 20.8 Å². The van der Waals surface area contributed by atoms with E-state index in [0.717, 1.165) is 49.9 Å². The Balaban J connectivity index is 1.22. The molecule has 2 aromatic rings. The highest BCUT2D eigenvalue weighted by Gasteiger charge is 2.33. The Hall–Kier alpha value is -1.59. The Morgan fingerprint density at radius 3 is 2.59 bits per heavy atom. The zero-order valence-corrected chi connectivity index (χ0v) is 20.3. The van der Waals surface area contributed by atoms with Gasteiger partial charge in [-0.1, -0.05) is 12.1 Å². The van der Waals surface area contributed by atoms with Crippen molar-refractivity contribution in [2.45, 2.75) is 17.9 Å². The molecule has 3 aliphatic heterocycles. The van der Waals surface area contributed by atoms with E-state index in [4.69, 9.17) is 4.74 Å². The van der Waals surface area contributed by atoms with Crippen LogP contribution in [-0.2, 0) is 23.0 Å². The van der Waals surface area contributed by atoms with Crippen molar-refractivity contribution in [3.8, 4) is 5.75 Å². The highest BCUT2D eigenvalue weighted by Crippen LogP contribution is 2.29. The van der Waals surface area contributed by atoms with Crippen molar-refractivity contribution in [3.63, 3.8) is 0 Å². The fourth-order valence-electron chi connectivity index (χ4n) is 4.43. The first-order valence-corrected chi connectivity index (χ1v) is 14.4. The van der Waals surface area contributed by atoms with E-state index in [1.165, 1.54) is 26.8 Å². The number of thioether (sulfide) groups is 1. The molecular formula is C22H27N3O4S3. The van der Waals surface area contributed by atoms with Gasteiger partial charge in [-0.25, -0.2) is 8.42 Å². The van der Waals surface area contributed by atoms with Gasteiger partial charge in [-0.3, -0.25) is 9.69 Å². The predicted octanol–water partition coefficient (Wildman–Crippen LogP) is 2.38. The van der Waals surface area contributed by atoms with E-state index in [2.05, 4.69) is 23.1 Å². The third kappa shape index (κ3) is 4.43. The number of sulfonamides is 1. The number of carbonyl (C=O) groups excluding carboxylic acids is 1. The van der Waals surface area contributed by atoms with Gasteiger partial charge in [-0.15, -0.1) is 11.3 Å². The summed E-state index contributed by atoms with van der Waals surface area (Å²) in [5, 5.41) is 1.71. The van der Waals surface area contributed by atoms with Gasteiger partial charge in [0.05, 0.1) is 6.61 Å². The maximum Gasteiger partial charge on any atom is 0.265 e. The van der Waals surface area contributed by atoms with Crippen molar-refractivity contribution >= 4 is 39.0 Å². The van der Waals surface area contributed by atoms with Gasteiger partial charge in [0.1, 0.15) is 15.5 Å². The lowest BCUT2D eigenvalue weighted by molar-refractivity contribution is 0.0629. The van der Waals surface area contributed by atoms with Crippen LogP contribution in [0.25, 0.3) is 0 Å². The molecule has 5 rings (SSSR count). The molecule has 2 saturated heterocycles. The summed E-state index contributed by atoms with van der Waals surface area (Å²) in [7, 11) is -3.63. The lowest BCUT2D eigenvalue weighted by atomic mass is 10.1. The van der Waals surface area contributed by atoms with Gasteiger partial charge >= 0.3 is 0 Å². The predicted molar refractivity (Wildman–Crippen MR) is 127 cm³/mol. The number of hydrogen-bond acceptors (Lipinski definition) is 7. The molecule has 0 atom stereocenters. The molecule has 0 N–H and O–H groups in total. The molecule has 2 fully saturated rings. The van der Waals surface area contributed by atoms with Crippen LogP contribution in [0.3, 0.4) is 0 Å². The molecule has 1 amide bonds. The van der Waals surface area contributed by atoms with Crippen molar-refractivity contribution in [2.24, 2.45) is 0 Å². The van der Waals surface area contributed by atoms with Crippen LogP contribution in [0.2, 0.25) is 0 Å². The summed E-state index contributed by atoms with van der Waals surface area (Å²) in [6, 6.07) is 7.98. The van der Waals surface area contributed by atoms with Gasteiger partial charge < -0.3 is 9.64 Å². The highest BCUT2D eigenvalue weighted by atomic mass is 32.2. The second-order valence-corrected chi connectivity index (χ2v) is 12.3. The monoisotopic (exact) mass is 493 g/mol. The number of hydrogen-bond donors (Lipinski definition) is 0. The molecular weight excluding hydrogens is 466 g/mol. The average molecular weight is 494 g/mol. The third-order valence-electron chi connectivity index (χ3n) is 6.23. The van der Waals surface area contributed by atoms with E-state index in [1.54, 1.807) is 28.1 Å². The first-order chi connectivity index (χ1) is 15.5. The number of ether oxygens (including phenoxy) is 1. The maximum atomic E-state index is 13.2. The number of amides is 1. The molecule has 0 saturated carbocycles. The van der Waals surface area contributed by atoms with Gasteiger partial charge in [-0.2, -0.15) is 16.1 Å². The van der Waals surface area contributed by atoms with E-state index in [0.29, 0.717) is 31.1 Å². The summed E-state index contributed by atoms with van der Waals surface area (Å²) in [4.78, 5) is 17.9. The van der Waals surface area contributed by atoms with Crippen molar-refractivity contribution in [3.05, 3.63) is 45.6 Å². The summed E-state index contributed by atoms with van der Waals surface area (Å²) in [5.74, 6) is 2.42. The summed E-state index contributed by atoms with van der Waals surface area (Å²) >= 11 is 2.99. The maximum absolute atomic E-state index is 13.2. The van der Waals surface area contributed by atoms with Crippen molar-refractivity contribution in [2.75, 3.05) is 57.4 Å². The Labute approximate surface area is 197 Å². The number of benzene rings is 1. The molecule has 7 nitrogen and oxygen atoms in total. The normalized spacial score (nSPS) is 20.2. The summed E-state index contributed by atoms with van der Waals surface area (Å²) in [6.07, 6.45) is 0.966. The zero-order valence-electron chi connectivity index (χ0n) is 17.9. The largest absolute Gasteiger partial charge is 0.493 e. The third-order valence-corrected chi connectivity index (χ3v) is 10.1. The van der Waals surface area contributed by atoms with Crippen LogP contribution in [0.15, 0.2) is 34.5 Å². The number of rotatable bonds is 5. The molecule has 32 heavy (non-hydrogen) atoms. The summed E-state index contributed by atoms with van der Waals surface area (Å²) in [5.41, 5.74) is 2.54. The fourth-order valence-corrected chi connectivity index (χ4v) is 8.37. The summed E-state index contributed by atoms with van der Waals surface area (Å²) in [6.45, 7) is 5.37. The second-order valence-electron chi connectivity index (χ2n) is 8.24. The van der Waals surface area contributed by atoms with Gasteiger partial charge in [-0.05, 0) is 28.6 Å². The molecule has 0 bridgehead atoms. The van der Waals surface area contributed by atoms with Crippen LogP contribution in [0.4, 0.5) is 0 Å². The van der Waals surface area contributed by atoms with Crippen LogP contribution in [-0.4, -0.2) is 85.8 Å². The minimum absolute atomic E-state index is 0.167. The molecule has 0 aliphatic carbocycles. The molecule has 172 valence electrons. The minimum atomic E-state index is -3.63. The second kappa shape index (κ2) is 9.34. The Morgan fingerprint density at radius 1 is 1.03 bits per heavy atom. The number of thiophene rings is 1. The number of fused-ring (bicyclic) bond motifs is 1. The van der Waals surface area contributed by atoms with E-state index in [9.17, 15) is 13.2 Å². The van der Waals surface area contributed by atoms with Crippen molar-refractivity contribution in [1.82, 2.24) is 14.1 Å². The average Bonchev–Trinajstić information content (AvgIpc) is 3.49. The van der Waals surface area contributed by atoms with Crippen LogP contribution in [0, 0.1) is 0 Å². The Kier molecular flexibility index (Phi) is 6.48. The highest BCUT2D eigenvalue weighted by molar-refractivity contribution is 7.99. The fraction of sp³-hybridized carbons (Fsp3) is 0.500. The lowest BCUT2D eigenvalue weighted by Gasteiger charge is -2.35. The zero-order chi connectivity index (χ0) is 22.1. The van der Waals surface area contributed by atoms with Gasteiger partial charge in [0.25, 0.3) is 5.91 Å². The van der Waals surface area contributed by atoms with Gasteiger partial charge in [0, 0.05) is 63.7 Å².